The smallest absolute Gasteiger partial charge is 0.224 e. The Bertz CT molecular complexity index is 596. The summed E-state index contributed by atoms with van der Waals surface area (Å²) in [5, 5.41) is 0. The molecule has 1 aliphatic carbocycles. The number of amides is 1. The van der Waals surface area contributed by atoms with Crippen molar-refractivity contribution >= 4 is 11.6 Å². The summed E-state index contributed by atoms with van der Waals surface area (Å²) in [4.78, 5) is 16.4. The first-order valence-electron chi connectivity index (χ1n) is 9.18. The Labute approximate surface area is 147 Å². The number of benzene rings is 1. The maximum Gasteiger partial charge on any atom is 0.224 e. The van der Waals surface area contributed by atoms with Gasteiger partial charge in [0.05, 0.1) is 6.54 Å². The van der Waals surface area contributed by atoms with Gasteiger partial charge in [-0.2, -0.15) is 0 Å². The number of hydrogen-bond donors (Lipinski definition) is 0. The van der Waals surface area contributed by atoms with E-state index in [0.717, 1.165) is 24.9 Å². The van der Waals surface area contributed by atoms with Crippen LogP contribution in [0.2, 0.25) is 0 Å². The molecule has 130 valence electrons. The maximum absolute atomic E-state index is 12.0. The minimum absolute atomic E-state index is 0.0158. The van der Waals surface area contributed by atoms with Crippen LogP contribution in [0.3, 0.4) is 0 Å². The zero-order valence-corrected chi connectivity index (χ0v) is 15.3. The predicted octanol–water partition coefficient (Wildman–Crippen LogP) is 3.65. The van der Waals surface area contributed by atoms with Crippen molar-refractivity contribution in [3.8, 4) is 12.3 Å². The minimum Gasteiger partial charge on any atom is -0.301 e. The van der Waals surface area contributed by atoms with Crippen LogP contribution in [0.5, 0.6) is 0 Å². The number of fused-ring (bicyclic) bond motifs is 1. The van der Waals surface area contributed by atoms with Crippen LogP contribution in [-0.2, 0) is 17.6 Å². The van der Waals surface area contributed by atoms with Gasteiger partial charge in [0, 0.05) is 18.7 Å². The Morgan fingerprint density at radius 2 is 2.00 bits per heavy atom. The number of nitrogens with zero attached hydrogens (tertiary/aromatic N) is 2. The van der Waals surface area contributed by atoms with Crippen LogP contribution < -0.4 is 4.90 Å². The molecular formula is C21H30N2O. The van der Waals surface area contributed by atoms with Crippen molar-refractivity contribution in [3.63, 3.8) is 0 Å². The van der Waals surface area contributed by atoms with Crippen molar-refractivity contribution in [2.75, 3.05) is 24.5 Å². The monoisotopic (exact) mass is 326 g/mol. The fourth-order valence-corrected chi connectivity index (χ4v) is 3.84. The molecule has 3 heteroatoms. The second-order valence-electron chi connectivity index (χ2n) is 6.66. The van der Waals surface area contributed by atoms with E-state index < -0.39 is 0 Å². The highest BCUT2D eigenvalue weighted by atomic mass is 16.2. The normalized spacial score (nSPS) is 16.5. The summed E-state index contributed by atoms with van der Waals surface area (Å²) in [5.41, 5.74) is 3.70. The van der Waals surface area contributed by atoms with E-state index in [9.17, 15) is 4.79 Å². The average Bonchev–Trinajstić information content (AvgIpc) is 2.58. The summed E-state index contributed by atoms with van der Waals surface area (Å²) < 4.78 is 0. The zero-order valence-electron chi connectivity index (χ0n) is 15.3. The van der Waals surface area contributed by atoms with Gasteiger partial charge >= 0.3 is 0 Å². The topological polar surface area (TPSA) is 23.6 Å². The number of carbonyl (C=O) groups is 1. The maximum atomic E-state index is 12.0. The van der Waals surface area contributed by atoms with Crippen molar-refractivity contribution in [2.45, 2.75) is 58.9 Å². The lowest BCUT2D eigenvalue weighted by Gasteiger charge is -2.36. The molecular weight excluding hydrogens is 296 g/mol. The lowest BCUT2D eigenvalue weighted by Crippen LogP contribution is -2.41. The number of carbonyl (C=O) groups excluding carboxylic acids is 1. The summed E-state index contributed by atoms with van der Waals surface area (Å²) >= 11 is 0. The van der Waals surface area contributed by atoms with Crippen molar-refractivity contribution in [2.24, 2.45) is 0 Å². The van der Waals surface area contributed by atoms with E-state index in [-0.39, 0.29) is 5.91 Å². The number of terminal acetylenes is 1. The lowest BCUT2D eigenvalue weighted by molar-refractivity contribution is -0.116. The van der Waals surface area contributed by atoms with Gasteiger partial charge in [-0.3, -0.25) is 4.79 Å². The Kier molecular flexibility index (Phi) is 6.87. The fraction of sp³-hybridized carbons (Fsp3) is 0.571. The quantitative estimate of drug-likeness (QED) is 0.714. The van der Waals surface area contributed by atoms with Gasteiger partial charge in [-0.25, -0.2) is 0 Å². The molecule has 0 fully saturated rings. The Balaban J connectivity index is 2.26. The molecule has 0 saturated carbocycles. The molecule has 1 aliphatic rings. The Morgan fingerprint density at radius 3 is 2.58 bits per heavy atom. The third kappa shape index (κ3) is 4.19. The van der Waals surface area contributed by atoms with Crippen LogP contribution >= 0.6 is 0 Å². The van der Waals surface area contributed by atoms with Crippen LogP contribution in [0.1, 0.15) is 51.2 Å². The zero-order chi connectivity index (χ0) is 17.5. The summed E-state index contributed by atoms with van der Waals surface area (Å²) in [7, 11) is 0. The van der Waals surface area contributed by atoms with Gasteiger partial charge in [-0.15, -0.1) is 6.42 Å². The molecule has 0 bridgehead atoms. The first-order chi connectivity index (χ1) is 11.6. The highest BCUT2D eigenvalue weighted by molar-refractivity contribution is 5.93. The van der Waals surface area contributed by atoms with Gasteiger partial charge < -0.3 is 9.80 Å². The molecule has 0 spiro atoms. The third-order valence-corrected chi connectivity index (χ3v) is 4.89. The van der Waals surface area contributed by atoms with Gasteiger partial charge in [0.1, 0.15) is 0 Å². The van der Waals surface area contributed by atoms with E-state index in [0.29, 0.717) is 12.6 Å². The van der Waals surface area contributed by atoms with Crippen LogP contribution in [0, 0.1) is 12.3 Å². The lowest BCUT2D eigenvalue weighted by atomic mass is 9.86. The first kappa shape index (κ1) is 18.5. The minimum atomic E-state index is 0.0158. The van der Waals surface area contributed by atoms with Crippen LogP contribution in [0.25, 0.3) is 0 Å². The molecule has 1 aromatic carbocycles. The van der Waals surface area contributed by atoms with E-state index in [1.807, 2.05) is 6.07 Å². The molecule has 2 rings (SSSR count). The molecule has 0 aliphatic heterocycles. The Morgan fingerprint density at radius 1 is 1.29 bits per heavy atom. The first-order valence-corrected chi connectivity index (χ1v) is 9.18. The highest BCUT2D eigenvalue weighted by Crippen LogP contribution is 2.32. The number of anilines is 1. The van der Waals surface area contributed by atoms with Gasteiger partial charge in [0.15, 0.2) is 0 Å². The summed E-state index contributed by atoms with van der Waals surface area (Å²) in [5.74, 6) is 2.63. The Hall–Kier alpha value is -1.79. The fourth-order valence-electron chi connectivity index (χ4n) is 3.84. The molecule has 0 aromatic heterocycles. The van der Waals surface area contributed by atoms with E-state index in [4.69, 9.17) is 6.42 Å². The van der Waals surface area contributed by atoms with Crippen LogP contribution in [0.4, 0.5) is 5.69 Å². The summed E-state index contributed by atoms with van der Waals surface area (Å²) in [6, 6.07) is 6.93. The second-order valence-corrected chi connectivity index (χ2v) is 6.66. The summed E-state index contributed by atoms with van der Waals surface area (Å²) in [6.45, 7) is 8.78. The van der Waals surface area contributed by atoms with E-state index in [1.54, 1.807) is 11.8 Å². The number of rotatable bonds is 7. The van der Waals surface area contributed by atoms with Gasteiger partial charge in [0.25, 0.3) is 0 Å². The third-order valence-electron chi connectivity index (χ3n) is 4.89. The largest absolute Gasteiger partial charge is 0.301 e. The molecule has 24 heavy (non-hydrogen) atoms. The molecule has 1 atom stereocenters. The van der Waals surface area contributed by atoms with Crippen molar-refractivity contribution in [3.05, 3.63) is 29.3 Å². The average molecular weight is 326 g/mol. The van der Waals surface area contributed by atoms with Gasteiger partial charge in [-0.1, -0.05) is 31.9 Å². The highest BCUT2D eigenvalue weighted by Gasteiger charge is 2.26. The van der Waals surface area contributed by atoms with E-state index in [1.165, 1.54) is 37.1 Å². The van der Waals surface area contributed by atoms with Crippen LogP contribution in [0.15, 0.2) is 18.2 Å². The van der Waals surface area contributed by atoms with Crippen molar-refractivity contribution in [1.82, 2.24) is 4.90 Å². The van der Waals surface area contributed by atoms with Gasteiger partial charge in [-0.05, 0) is 62.4 Å². The molecule has 3 nitrogen and oxygen atoms in total. The molecule has 0 heterocycles. The molecule has 1 unspecified atom stereocenters. The van der Waals surface area contributed by atoms with Gasteiger partial charge in [0.2, 0.25) is 5.91 Å². The van der Waals surface area contributed by atoms with Crippen molar-refractivity contribution < 1.29 is 4.79 Å². The van der Waals surface area contributed by atoms with E-state index in [2.05, 4.69) is 36.8 Å². The molecule has 1 aromatic rings. The standard InChI is InChI=1S/C21H30N2O/c1-5-13-22(14-6-2)19-11-12-20-18(16-19)9-8-10-21(20)23(15-7-3)17(4)24/h3,8-10,19H,5-6,11-16H2,1-2,4H3. The van der Waals surface area contributed by atoms with E-state index >= 15 is 0 Å². The second kappa shape index (κ2) is 8.89. The molecule has 0 radical (unpaired) electrons. The molecule has 0 saturated heterocycles. The molecule has 0 N–H and O–H groups in total. The number of hydrogen-bond acceptors (Lipinski definition) is 2. The summed E-state index contributed by atoms with van der Waals surface area (Å²) in [6.07, 6.45) is 11.1. The predicted molar refractivity (Wildman–Crippen MR) is 101 cm³/mol. The van der Waals surface area contributed by atoms with Crippen molar-refractivity contribution in [1.29, 1.82) is 0 Å². The molecule has 1 amide bonds. The SMILES string of the molecule is C#CCN(C(C)=O)c1cccc2c1CCC(N(CCC)CCC)C2. The van der Waals surface area contributed by atoms with Crippen LogP contribution in [-0.4, -0.2) is 36.5 Å².